The van der Waals surface area contributed by atoms with Crippen LogP contribution in [0, 0.1) is 5.92 Å². The van der Waals surface area contributed by atoms with E-state index in [9.17, 15) is 9.59 Å². The van der Waals surface area contributed by atoms with Gasteiger partial charge in [0, 0.05) is 37.4 Å². The van der Waals surface area contributed by atoms with Gasteiger partial charge in [-0.15, -0.1) is 10.2 Å². The SMILES string of the molecule is CCOC(=O)C1CCN(C(=O)CCCSc2nnc(Cc3ccccc3)n2-c2ccccc2)CC1. The molecule has 0 bridgehead atoms. The van der Waals surface area contributed by atoms with E-state index in [1.165, 1.54) is 5.56 Å². The summed E-state index contributed by atoms with van der Waals surface area (Å²) in [6, 6.07) is 20.4. The predicted octanol–water partition coefficient (Wildman–Crippen LogP) is 4.53. The Kier molecular flexibility index (Phi) is 8.95. The third kappa shape index (κ3) is 6.72. The standard InChI is InChI=1S/C27H32N4O3S/c1-2-34-26(33)22-15-17-30(18-16-22)25(32)14-9-19-35-27-29-28-24(20-21-10-5-3-6-11-21)31(27)23-12-7-4-8-13-23/h3-8,10-13,22H,2,9,14-20H2,1H3. The molecule has 0 N–H and O–H groups in total. The lowest BCUT2D eigenvalue weighted by atomic mass is 9.97. The molecule has 0 spiro atoms. The Bertz CT molecular complexity index is 1100. The van der Waals surface area contributed by atoms with Crippen LogP contribution in [0.2, 0.25) is 0 Å². The quantitative estimate of drug-likeness (QED) is 0.235. The van der Waals surface area contributed by atoms with Gasteiger partial charge in [-0.05, 0) is 43.9 Å². The van der Waals surface area contributed by atoms with E-state index in [0.717, 1.165) is 28.8 Å². The van der Waals surface area contributed by atoms with Crippen molar-refractivity contribution >= 4 is 23.6 Å². The second-order valence-electron chi connectivity index (χ2n) is 8.59. The van der Waals surface area contributed by atoms with Gasteiger partial charge in [0.15, 0.2) is 5.16 Å². The second kappa shape index (κ2) is 12.5. The summed E-state index contributed by atoms with van der Waals surface area (Å²) in [5, 5.41) is 9.80. The van der Waals surface area contributed by atoms with Gasteiger partial charge in [-0.2, -0.15) is 0 Å². The molecule has 1 fully saturated rings. The molecule has 0 unspecified atom stereocenters. The average molecular weight is 493 g/mol. The van der Waals surface area contributed by atoms with E-state index in [1.807, 2.05) is 48.2 Å². The van der Waals surface area contributed by atoms with Crippen LogP contribution in [-0.2, 0) is 20.7 Å². The maximum atomic E-state index is 12.7. The Morgan fingerprint density at radius 1 is 1.00 bits per heavy atom. The van der Waals surface area contributed by atoms with Crippen molar-refractivity contribution in [2.24, 2.45) is 5.92 Å². The van der Waals surface area contributed by atoms with E-state index >= 15 is 0 Å². The van der Waals surface area contributed by atoms with Crippen LogP contribution in [0.5, 0.6) is 0 Å². The van der Waals surface area contributed by atoms with Crippen molar-refractivity contribution in [3.8, 4) is 5.69 Å². The largest absolute Gasteiger partial charge is 0.466 e. The fourth-order valence-corrected chi connectivity index (χ4v) is 5.20. The van der Waals surface area contributed by atoms with E-state index in [1.54, 1.807) is 11.8 Å². The van der Waals surface area contributed by atoms with E-state index in [4.69, 9.17) is 4.74 Å². The fourth-order valence-electron chi connectivity index (χ4n) is 4.29. The lowest BCUT2D eigenvalue weighted by Gasteiger charge is -2.31. The van der Waals surface area contributed by atoms with Gasteiger partial charge < -0.3 is 9.64 Å². The van der Waals surface area contributed by atoms with Crippen LogP contribution in [-0.4, -0.2) is 57.0 Å². The molecule has 1 aliphatic rings. The highest BCUT2D eigenvalue weighted by Crippen LogP contribution is 2.25. The molecule has 0 atom stereocenters. The highest BCUT2D eigenvalue weighted by Gasteiger charge is 2.28. The van der Waals surface area contributed by atoms with Gasteiger partial charge in [-0.3, -0.25) is 14.2 Å². The first kappa shape index (κ1) is 25.0. The molecule has 0 saturated carbocycles. The molecular formula is C27H32N4O3S. The predicted molar refractivity (Wildman–Crippen MR) is 137 cm³/mol. The molecule has 1 aromatic heterocycles. The minimum Gasteiger partial charge on any atom is -0.466 e. The Morgan fingerprint density at radius 3 is 2.37 bits per heavy atom. The zero-order valence-electron chi connectivity index (χ0n) is 20.1. The minimum atomic E-state index is -0.134. The van der Waals surface area contributed by atoms with Gasteiger partial charge in [0.25, 0.3) is 0 Å². The van der Waals surface area contributed by atoms with Crippen molar-refractivity contribution in [1.82, 2.24) is 19.7 Å². The zero-order chi connectivity index (χ0) is 24.5. The summed E-state index contributed by atoms with van der Waals surface area (Å²) in [5.74, 6) is 1.61. The monoisotopic (exact) mass is 492 g/mol. The number of ether oxygens (including phenoxy) is 1. The molecule has 8 heteroatoms. The topological polar surface area (TPSA) is 77.3 Å². The normalized spacial score (nSPS) is 14.1. The lowest BCUT2D eigenvalue weighted by molar-refractivity contribution is -0.151. The molecule has 3 aromatic rings. The summed E-state index contributed by atoms with van der Waals surface area (Å²) in [7, 11) is 0. The molecule has 184 valence electrons. The first-order valence-corrected chi connectivity index (χ1v) is 13.2. The minimum absolute atomic E-state index is 0.0796. The van der Waals surface area contributed by atoms with Crippen molar-refractivity contribution in [2.45, 2.75) is 44.2 Å². The Morgan fingerprint density at radius 2 is 1.69 bits per heavy atom. The third-order valence-corrected chi connectivity index (χ3v) is 7.17. The van der Waals surface area contributed by atoms with Crippen molar-refractivity contribution in [1.29, 1.82) is 0 Å². The number of hydrogen-bond donors (Lipinski definition) is 0. The number of amides is 1. The molecule has 0 aliphatic carbocycles. The fraction of sp³-hybridized carbons (Fsp3) is 0.407. The number of carbonyl (C=O) groups is 2. The molecular weight excluding hydrogens is 460 g/mol. The van der Waals surface area contributed by atoms with Crippen LogP contribution in [0.15, 0.2) is 65.8 Å². The van der Waals surface area contributed by atoms with Gasteiger partial charge in [-0.25, -0.2) is 0 Å². The smallest absolute Gasteiger partial charge is 0.309 e. The molecule has 2 aromatic carbocycles. The summed E-state index contributed by atoms with van der Waals surface area (Å²) < 4.78 is 7.23. The van der Waals surface area contributed by atoms with Crippen molar-refractivity contribution in [3.05, 3.63) is 72.1 Å². The zero-order valence-corrected chi connectivity index (χ0v) is 21.0. The van der Waals surface area contributed by atoms with Crippen LogP contribution in [0.4, 0.5) is 0 Å². The van der Waals surface area contributed by atoms with Crippen LogP contribution in [0.25, 0.3) is 5.69 Å². The molecule has 4 rings (SSSR count). The third-order valence-electron chi connectivity index (χ3n) is 6.15. The number of para-hydroxylation sites is 1. The number of nitrogens with zero attached hydrogens (tertiary/aromatic N) is 4. The van der Waals surface area contributed by atoms with Gasteiger partial charge in [0.2, 0.25) is 5.91 Å². The van der Waals surface area contributed by atoms with Gasteiger partial charge in [-0.1, -0.05) is 60.3 Å². The highest BCUT2D eigenvalue weighted by molar-refractivity contribution is 7.99. The number of esters is 1. The first-order valence-electron chi connectivity index (χ1n) is 12.3. The summed E-state index contributed by atoms with van der Waals surface area (Å²) in [6.45, 7) is 3.48. The van der Waals surface area contributed by atoms with Crippen molar-refractivity contribution in [2.75, 3.05) is 25.4 Å². The van der Waals surface area contributed by atoms with Crippen molar-refractivity contribution < 1.29 is 14.3 Å². The number of hydrogen-bond acceptors (Lipinski definition) is 6. The van der Waals surface area contributed by atoms with Gasteiger partial charge >= 0.3 is 5.97 Å². The average Bonchev–Trinajstić information content (AvgIpc) is 3.30. The molecule has 0 radical (unpaired) electrons. The molecule has 7 nitrogen and oxygen atoms in total. The number of thioether (sulfide) groups is 1. The first-order chi connectivity index (χ1) is 17.2. The lowest BCUT2D eigenvalue weighted by Crippen LogP contribution is -2.40. The summed E-state index contributed by atoms with van der Waals surface area (Å²) >= 11 is 1.63. The maximum Gasteiger partial charge on any atom is 0.309 e. The maximum absolute atomic E-state index is 12.7. The van der Waals surface area contributed by atoms with Gasteiger partial charge in [0.1, 0.15) is 5.82 Å². The molecule has 1 saturated heterocycles. The molecule has 1 amide bonds. The van der Waals surface area contributed by atoms with Crippen LogP contribution < -0.4 is 0 Å². The molecule has 1 aliphatic heterocycles. The van der Waals surface area contributed by atoms with E-state index in [-0.39, 0.29) is 17.8 Å². The highest BCUT2D eigenvalue weighted by atomic mass is 32.2. The van der Waals surface area contributed by atoms with Crippen LogP contribution >= 0.6 is 11.8 Å². The van der Waals surface area contributed by atoms with Crippen LogP contribution in [0.1, 0.15) is 44.0 Å². The molecule has 2 heterocycles. The number of piperidine rings is 1. The molecule has 35 heavy (non-hydrogen) atoms. The number of rotatable bonds is 10. The van der Waals surface area contributed by atoms with E-state index in [2.05, 4.69) is 39.0 Å². The Balaban J connectivity index is 1.31. The Hall–Kier alpha value is -3.13. The Labute approximate surface area is 210 Å². The van der Waals surface area contributed by atoms with Crippen molar-refractivity contribution in [3.63, 3.8) is 0 Å². The van der Waals surface area contributed by atoms with E-state index in [0.29, 0.717) is 45.4 Å². The second-order valence-corrected chi connectivity index (χ2v) is 9.65. The number of aromatic nitrogens is 3. The summed E-state index contributed by atoms with van der Waals surface area (Å²) in [6.07, 6.45) is 3.32. The summed E-state index contributed by atoms with van der Waals surface area (Å²) in [5.41, 5.74) is 2.22. The van der Waals surface area contributed by atoms with Crippen LogP contribution in [0.3, 0.4) is 0 Å². The number of carbonyl (C=O) groups excluding carboxylic acids is 2. The van der Waals surface area contributed by atoms with Gasteiger partial charge in [0.05, 0.1) is 12.5 Å². The number of likely N-dealkylation sites (tertiary alicyclic amines) is 1. The van der Waals surface area contributed by atoms with E-state index < -0.39 is 0 Å². The summed E-state index contributed by atoms with van der Waals surface area (Å²) in [4.78, 5) is 26.5. The number of benzene rings is 2.